The molecule has 1 aliphatic rings. The fourth-order valence-electron chi connectivity index (χ4n) is 5.76. The molecule has 1 atom stereocenters. The summed E-state index contributed by atoms with van der Waals surface area (Å²) in [5.41, 5.74) is 2.78. The number of hydrogen-bond acceptors (Lipinski definition) is 9. The number of carbonyl (C=O) groups excluding carboxylic acids is 1. The Hall–Kier alpha value is -5.35. The van der Waals surface area contributed by atoms with Crippen molar-refractivity contribution < 1.29 is 28.5 Å². The lowest BCUT2D eigenvalue weighted by Gasteiger charge is -2.26. The fraction of sp³-hybridized carbons (Fsp3) is 0.216. The molecule has 2 heterocycles. The highest BCUT2D eigenvalue weighted by Gasteiger charge is 2.35. The van der Waals surface area contributed by atoms with Crippen LogP contribution in [0.4, 0.5) is 0 Å². The molecule has 10 heteroatoms. The number of aromatic nitrogens is 1. The number of esters is 1. The van der Waals surface area contributed by atoms with E-state index in [1.807, 2.05) is 42.5 Å². The highest BCUT2D eigenvalue weighted by molar-refractivity contribution is 7.07. The molecule has 0 N–H and O–H groups in total. The van der Waals surface area contributed by atoms with E-state index in [0.29, 0.717) is 50.2 Å². The minimum Gasteiger partial charge on any atom is -0.497 e. The summed E-state index contributed by atoms with van der Waals surface area (Å²) in [5.74, 6) is 1.60. The van der Waals surface area contributed by atoms with Crippen molar-refractivity contribution >= 4 is 34.2 Å². The summed E-state index contributed by atoms with van der Waals surface area (Å²) in [4.78, 5) is 32.6. The molecule has 0 radical (unpaired) electrons. The van der Waals surface area contributed by atoms with Crippen LogP contribution in [-0.4, -0.2) is 38.5 Å². The molecule has 0 fully saturated rings. The smallest absolute Gasteiger partial charge is 0.338 e. The van der Waals surface area contributed by atoms with Gasteiger partial charge in [0.15, 0.2) is 16.3 Å². The van der Waals surface area contributed by atoms with E-state index in [1.165, 1.54) is 15.9 Å². The lowest BCUT2D eigenvalue weighted by atomic mass is 9.94. The van der Waals surface area contributed by atoms with Gasteiger partial charge in [-0.2, -0.15) is 0 Å². The molecule has 240 valence electrons. The third kappa shape index (κ3) is 6.12. The van der Waals surface area contributed by atoms with E-state index in [4.69, 9.17) is 23.7 Å². The Labute approximate surface area is 275 Å². The maximum Gasteiger partial charge on any atom is 0.338 e. The maximum atomic E-state index is 14.2. The highest BCUT2D eigenvalue weighted by Crippen LogP contribution is 2.38. The molecule has 0 saturated heterocycles. The van der Waals surface area contributed by atoms with Gasteiger partial charge in [0, 0.05) is 5.56 Å². The van der Waals surface area contributed by atoms with Crippen LogP contribution in [0.1, 0.15) is 36.6 Å². The van der Waals surface area contributed by atoms with Crippen LogP contribution < -0.4 is 33.8 Å². The van der Waals surface area contributed by atoms with Crippen molar-refractivity contribution in [1.82, 2.24) is 4.57 Å². The molecule has 0 spiro atoms. The van der Waals surface area contributed by atoms with Crippen LogP contribution in [0, 0.1) is 0 Å². The number of carbonyl (C=O) groups is 1. The maximum absolute atomic E-state index is 14.2. The van der Waals surface area contributed by atoms with Crippen LogP contribution in [-0.2, 0) is 16.1 Å². The first-order valence-corrected chi connectivity index (χ1v) is 15.9. The first kappa shape index (κ1) is 31.6. The van der Waals surface area contributed by atoms with Crippen LogP contribution in [0.25, 0.3) is 16.8 Å². The zero-order valence-corrected chi connectivity index (χ0v) is 27.6. The molecule has 0 saturated carbocycles. The van der Waals surface area contributed by atoms with Crippen LogP contribution in [0.2, 0.25) is 0 Å². The van der Waals surface area contributed by atoms with E-state index in [-0.39, 0.29) is 17.7 Å². The average molecular weight is 651 g/mol. The summed E-state index contributed by atoms with van der Waals surface area (Å²) in [5, 5.41) is 2.28. The molecule has 9 nitrogen and oxygen atoms in total. The summed E-state index contributed by atoms with van der Waals surface area (Å²) >= 11 is 1.23. The Morgan fingerprint density at radius 2 is 1.68 bits per heavy atom. The van der Waals surface area contributed by atoms with E-state index < -0.39 is 12.0 Å². The number of methoxy groups -OCH3 is 3. The van der Waals surface area contributed by atoms with Crippen LogP contribution in [0.5, 0.6) is 23.0 Å². The Morgan fingerprint density at radius 1 is 0.915 bits per heavy atom. The van der Waals surface area contributed by atoms with E-state index in [9.17, 15) is 9.59 Å². The molecule has 6 rings (SSSR count). The third-order valence-electron chi connectivity index (χ3n) is 8.00. The van der Waals surface area contributed by atoms with Crippen molar-refractivity contribution in [3.05, 3.63) is 127 Å². The van der Waals surface area contributed by atoms with E-state index in [2.05, 4.69) is 23.2 Å². The van der Waals surface area contributed by atoms with Crippen molar-refractivity contribution in [1.29, 1.82) is 0 Å². The van der Waals surface area contributed by atoms with Crippen molar-refractivity contribution in [2.45, 2.75) is 26.5 Å². The topological polar surface area (TPSA) is 97.6 Å². The second-order valence-electron chi connectivity index (χ2n) is 10.7. The average Bonchev–Trinajstić information content (AvgIpc) is 3.40. The van der Waals surface area contributed by atoms with Gasteiger partial charge >= 0.3 is 5.97 Å². The minimum atomic E-state index is -0.850. The summed E-state index contributed by atoms with van der Waals surface area (Å²) < 4.78 is 30.4. The first-order valence-electron chi connectivity index (χ1n) is 15.1. The van der Waals surface area contributed by atoms with Gasteiger partial charge in [-0.25, -0.2) is 9.79 Å². The number of rotatable bonds is 10. The van der Waals surface area contributed by atoms with Gasteiger partial charge in [0.1, 0.15) is 24.1 Å². The highest BCUT2D eigenvalue weighted by atomic mass is 32.1. The summed E-state index contributed by atoms with van der Waals surface area (Å²) in [6.07, 6.45) is 1.78. The number of ether oxygens (including phenoxy) is 5. The van der Waals surface area contributed by atoms with Gasteiger partial charge < -0.3 is 23.7 Å². The largest absolute Gasteiger partial charge is 0.497 e. The van der Waals surface area contributed by atoms with E-state index in [1.54, 1.807) is 59.5 Å². The molecule has 0 bridgehead atoms. The van der Waals surface area contributed by atoms with E-state index >= 15 is 0 Å². The van der Waals surface area contributed by atoms with Crippen LogP contribution in [0.3, 0.4) is 0 Å². The quantitative estimate of drug-likeness (QED) is 0.183. The molecule has 0 unspecified atom stereocenters. The summed E-state index contributed by atoms with van der Waals surface area (Å²) in [6, 6.07) is 24.3. The summed E-state index contributed by atoms with van der Waals surface area (Å²) in [7, 11) is 4.68. The molecule has 5 aromatic rings. The van der Waals surface area contributed by atoms with E-state index in [0.717, 1.165) is 21.9 Å². The molecule has 1 aliphatic heterocycles. The normalized spacial score (nSPS) is 14.4. The molecule has 4 aromatic carbocycles. The molecule has 1 aromatic heterocycles. The SMILES string of the molecule is CCOC(=O)C1=C(C)N=c2s/c(=C\c3ccc(OCc4cccc5ccccc45)c(OC)c3)c(=O)n2[C@H]1c1cc(OC)ccc1OC. The van der Waals surface area contributed by atoms with Crippen molar-refractivity contribution in [3.63, 3.8) is 0 Å². The monoisotopic (exact) mass is 650 g/mol. The third-order valence-corrected chi connectivity index (χ3v) is 8.98. The lowest BCUT2D eigenvalue weighted by molar-refractivity contribution is -0.139. The van der Waals surface area contributed by atoms with Gasteiger partial charge in [0.2, 0.25) is 0 Å². The predicted molar refractivity (Wildman–Crippen MR) is 181 cm³/mol. The van der Waals surface area contributed by atoms with Gasteiger partial charge in [-0.3, -0.25) is 9.36 Å². The fourth-order valence-corrected chi connectivity index (χ4v) is 6.80. The Bertz CT molecular complexity index is 2190. The number of benzene rings is 4. The van der Waals surface area contributed by atoms with Gasteiger partial charge in [-0.1, -0.05) is 59.9 Å². The van der Waals surface area contributed by atoms with Gasteiger partial charge in [0.05, 0.1) is 43.7 Å². The van der Waals surface area contributed by atoms with Gasteiger partial charge in [0.25, 0.3) is 5.56 Å². The standard InChI is InChI=1S/C37H34N2O7S/c1-6-45-36(41)33-22(2)38-37-39(34(33)28-20-26(42-3)15-17-29(28)43-4)35(40)32(47-37)19-23-14-16-30(31(18-23)44-5)46-21-25-12-9-11-24-10-7-8-13-27(24)25/h7-20,34H,6,21H2,1-5H3/b32-19-/t34-/m0/s1. The first-order chi connectivity index (χ1) is 22.9. The molecule has 47 heavy (non-hydrogen) atoms. The van der Waals surface area contributed by atoms with Gasteiger partial charge in [-0.05, 0) is 72.2 Å². The molecule has 0 aliphatic carbocycles. The molecular formula is C37H34N2O7S. The zero-order chi connectivity index (χ0) is 33.1. The minimum absolute atomic E-state index is 0.172. The number of hydrogen-bond donors (Lipinski definition) is 0. The number of thiazole rings is 1. The lowest BCUT2D eigenvalue weighted by Crippen LogP contribution is -2.40. The summed E-state index contributed by atoms with van der Waals surface area (Å²) in [6.45, 7) is 4.01. The van der Waals surface area contributed by atoms with Crippen molar-refractivity contribution in [3.8, 4) is 23.0 Å². The predicted octanol–water partition coefficient (Wildman–Crippen LogP) is 5.56. The zero-order valence-electron chi connectivity index (χ0n) is 26.7. The van der Waals surface area contributed by atoms with Crippen molar-refractivity contribution in [2.24, 2.45) is 4.99 Å². The number of nitrogens with zero attached hydrogens (tertiary/aromatic N) is 2. The molecule has 0 amide bonds. The van der Waals surface area contributed by atoms with Crippen LogP contribution in [0.15, 0.2) is 99.9 Å². The second-order valence-corrected chi connectivity index (χ2v) is 11.8. The van der Waals surface area contributed by atoms with Crippen molar-refractivity contribution in [2.75, 3.05) is 27.9 Å². The Morgan fingerprint density at radius 3 is 2.45 bits per heavy atom. The Kier molecular flexibility index (Phi) is 9.12. The molecular weight excluding hydrogens is 616 g/mol. The number of fused-ring (bicyclic) bond motifs is 2. The van der Waals surface area contributed by atoms with Gasteiger partial charge in [-0.15, -0.1) is 0 Å². The van der Waals surface area contributed by atoms with Crippen LogP contribution >= 0.6 is 11.3 Å². The Balaban J connectivity index is 1.40. The second kappa shape index (κ2) is 13.6. The number of allylic oxidation sites excluding steroid dienone is 1.